The molecule has 5 heteroatoms. The lowest BCUT2D eigenvalue weighted by molar-refractivity contribution is 0.365. The Morgan fingerprint density at radius 2 is 1.82 bits per heavy atom. The van der Waals surface area contributed by atoms with Gasteiger partial charge in [0.2, 0.25) is 0 Å². The molecule has 0 aliphatic rings. The lowest BCUT2D eigenvalue weighted by Gasteiger charge is -2.21. The molecule has 5 nitrogen and oxygen atoms in total. The van der Waals surface area contributed by atoms with Gasteiger partial charge >= 0.3 is 0 Å². The summed E-state index contributed by atoms with van der Waals surface area (Å²) in [5.41, 5.74) is 1.36. The van der Waals surface area contributed by atoms with Crippen LogP contribution in [0.5, 0.6) is 0 Å². The number of aromatic nitrogens is 4. The van der Waals surface area contributed by atoms with Crippen molar-refractivity contribution in [1.82, 2.24) is 19.6 Å². The van der Waals surface area contributed by atoms with Gasteiger partial charge in [-0.05, 0) is 39.0 Å². The van der Waals surface area contributed by atoms with Crippen LogP contribution in [0.3, 0.4) is 0 Å². The van der Waals surface area contributed by atoms with Gasteiger partial charge in [0, 0.05) is 11.9 Å². The Hall–Kier alpha value is -1.65. The molecule has 0 spiro atoms. The summed E-state index contributed by atoms with van der Waals surface area (Å²) in [6, 6.07) is 0. The number of nitrogens with zero attached hydrogens (tertiary/aromatic N) is 4. The Balaban J connectivity index is 2.72. The molecule has 0 aliphatic heterocycles. The molecule has 0 atom stereocenters. The van der Waals surface area contributed by atoms with Crippen molar-refractivity contribution in [2.24, 2.45) is 5.92 Å². The van der Waals surface area contributed by atoms with Gasteiger partial charge in [0.05, 0.1) is 17.4 Å². The fraction of sp³-hybridized carbons (Fsp3) is 0.706. The number of hydrogen-bond donors (Lipinski definition) is 0. The average molecular weight is 304 g/mol. The fourth-order valence-electron chi connectivity index (χ4n) is 2.56. The summed E-state index contributed by atoms with van der Waals surface area (Å²) in [7, 11) is 0. The summed E-state index contributed by atoms with van der Waals surface area (Å²) >= 11 is 0. The molecule has 0 unspecified atom stereocenters. The van der Waals surface area contributed by atoms with Crippen LogP contribution in [0.15, 0.2) is 11.0 Å². The standard InChI is InChI=1S/C17H28N4O/c1-11(2)8-9-20-16(22)15-13(14(19-20)12(3)4)10-18-21(15)17(5,6)7/h10-12H,8-9H2,1-7H3. The minimum Gasteiger partial charge on any atom is -0.265 e. The molecule has 0 aliphatic carbocycles. The summed E-state index contributed by atoms with van der Waals surface area (Å²) in [4.78, 5) is 12.9. The van der Waals surface area contributed by atoms with E-state index in [0.29, 0.717) is 18.0 Å². The quantitative estimate of drug-likeness (QED) is 0.868. The predicted octanol–water partition coefficient (Wildman–Crippen LogP) is 3.52. The minimum absolute atomic E-state index is 0.0347. The van der Waals surface area contributed by atoms with E-state index in [4.69, 9.17) is 0 Å². The van der Waals surface area contributed by atoms with E-state index in [9.17, 15) is 4.79 Å². The Labute approximate surface area is 132 Å². The van der Waals surface area contributed by atoms with Crippen molar-refractivity contribution in [3.8, 4) is 0 Å². The maximum absolute atomic E-state index is 12.9. The Bertz CT molecular complexity index is 717. The van der Waals surface area contributed by atoms with Gasteiger partial charge in [0.15, 0.2) is 0 Å². The second kappa shape index (κ2) is 5.86. The number of fused-ring (bicyclic) bond motifs is 1. The lowest BCUT2D eigenvalue weighted by Crippen LogP contribution is -2.31. The van der Waals surface area contributed by atoms with Crippen molar-refractivity contribution in [2.75, 3.05) is 0 Å². The Morgan fingerprint density at radius 1 is 1.18 bits per heavy atom. The molecule has 0 radical (unpaired) electrons. The van der Waals surface area contributed by atoms with E-state index >= 15 is 0 Å². The van der Waals surface area contributed by atoms with Gasteiger partial charge in [-0.3, -0.25) is 9.48 Å². The highest BCUT2D eigenvalue weighted by molar-refractivity contribution is 5.80. The molecular formula is C17H28N4O. The lowest BCUT2D eigenvalue weighted by atomic mass is 10.1. The highest BCUT2D eigenvalue weighted by atomic mass is 16.1. The molecular weight excluding hydrogens is 276 g/mol. The van der Waals surface area contributed by atoms with Crippen molar-refractivity contribution < 1.29 is 0 Å². The zero-order valence-electron chi connectivity index (χ0n) is 14.8. The van der Waals surface area contributed by atoms with Crippen molar-refractivity contribution >= 4 is 10.9 Å². The molecule has 22 heavy (non-hydrogen) atoms. The van der Waals surface area contributed by atoms with Gasteiger partial charge in [-0.15, -0.1) is 0 Å². The van der Waals surface area contributed by atoms with Crippen molar-refractivity contribution in [2.45, 2.75) is 72.9 Å². The van der Waals surface area contributed by atoms with E-state index in [2.05, 4.69) is 58.7 Å². The van der Waals surface area contributed by atoms with Crippen LogP contribution in [0.25, 0.3) is 10.9 Å². The van der Waals surface area contributed by atoms with Crippen molar-refractivity contribution in [3.05, 3.63) is 22.2 Å². The van der Waals surface area contributed by atoms with Crippen LogP contribution in [0.4, 0.5) is 0 Å². The highest BCUT2D eigenvalue weighted by Crippen LogP contribution is 2.24. The monoisotopic (exact) mass is 304 g/mol. The second-order valence-electron chi connectivity index (χ2n) is 7.74. The molecule has 2 heterocycles. The van der Waals surface area contributed by atoms with E-state index in [1.54, 1.807) is 10.9 Å². The van der Waals surface area contributed by atoms with E-state index in [1.165, 1.54) is 0 Å². The van der Waals surface area contributed by atoms with E-state index in [1.807, 2.05) is 4.68 Å². The van der Waals surface area contributed by atoms with Gasteiger partial charge in [0.1, 0.15) is 5.52 Å². The van der Waals surface area contributed by atoms with Crippen LogP contribution in [-0.2, 0) is 12.1 Å². The largest absolute Gasteiger partial charge is 0.292 e. The number of hydrogen-bond acceptors (Lipinski definition) is 3. The zero-order chi connectivity index (χ0) is 16.7. The molecule has 0 fully saturated rings. The summed E-state index contributed by atoms with van der Waals surface area (Å²) in [6.07, 6.45) is 2.73. The zero-order valence-corrected chi connectivity index (χ0v) is 14.8. The molecule has 2 rings (SSSR count). The molecule has 0 bridgehead atoms. The Morgan fingerprint density at radius 3 is 2.32 bits per heavy atom. The topological polar surface area (TPSA) is 52.7 Å². The first kappa shape index (κ1) is 16.7. The Kier molecular flexibility index (Phi) is 4.45. The molecule has 0 saturated heterocycles. The predicted molar refractivity (Wildman–Crippen MR) is 90.3 cm³/mol. The SMILES string of the molecule is CC(C)CCn1nc(C(C)C)c2cnn(C(C)(C)C)c2c1=O. The first-order valence-corrected chi connectivity index (χ1v) is 8.12. The molecule has 0 N–H and O–H groups in total. The first-order chi connectivity index (χ1) is 10.1. The maximum Gasteiger partial charge on any atom is 0.292 e. The third-order valence-corrected chi connectivity index (χ3v) is 3.81. The van der Waals surface area contributed by atoms with Crippen LogP contribution < -0.4 is 5.56 Å². The van der Waals surface area contributed by atoms with Crippen LogP contribution in [0.2, 0.25) is 0 Å². The third-order valence-electron chi connectivity index (χ3n) is 3.81. The van der Waals surface area contributed by atoms with Crippen LogP contribution in [-0.4, -0.2) is 19.6 Å². The van der Waals surface area contributed by atoms with Gasteiger partial charge in [0.25, 0.3) is 5.56 Å². The average Bonchev–Trinajstić information content (AvgIpc) is 2.82. The molecule has 0 saturated carbocycles. The number of aryl methyl sites for hydroxylation is 1. The molecule has 0 aromatic carbocycles. The smallest absolute Gasteiger partial charge is 0.265 e. The molecule has 0 amide bonds. The van der Waals surface area contributed by atoms with Crippen LogP contribution in [0, 0.1) is 5.92 Å². The maximum atomic E-state index is 12.9. The fourth-order valence-corrected chi connectivity index (χ4v) is 2.56. The van der Waals surface area contributed by atoms with Crippen LogP contribution in [0.1, 0.15) is 66.5 Å². The first-order valence-electron chi connectivity index (χ1n) is 8.12. The third kappa shape index (κ3) is 3.08. The van der Waals surface area contributed by atoms with E-state index in [0.717, 1.165) is 17.5 Å². The van der Waals surface area contributed by atoms with Gasteiger partial charge < -0.3 is 0 Å². The molecule has 2 aromatic heterocycles. The van der Waals surface area contributed by atoms with E-state index in [-0.39, 0.29) is 17.0 Å². The molecule has 2 aromatic rings. The minimum atomic E-state index is -0.230. The number of rotatable bonds is 4. The normalized spacial score (nSPS) is 12.8. The summed E-state index contributed by atoms with van der Waals surface area (Å²) < 4.78 is 3.46. The van der Waals surface area contributed by atoms with Gasteiger partial charge in [-0.25, -0.2) is 4.68 Å². The summed E-state index contributed by atoms with van der Waals surface area (Å²) in [5, 5.41) is 9.97. The van der Waals surface area contributed by atoms with Gasteiger partial charge in [-0.1, -0.05) is 27.7 Å². The molecule has 122 valence electrons. The summed E-state index contributed by atoms with van der Waals surface area (Å²) in [6.45, 7) is 15.4. The summed E-state index contributed by atoms with van der Waals surface area (Å²) in [5.74, 6) is 0.797. The van der Waals surface area contributed by atoms with Crippen molar-refractivity contribution in [3.63, 3.8) is 0 Å². The second-order valence-corrected chi connectivity index (χ2v) is 7.74. The van der Waals surface area contributed by atoms with E-state index < -0.39 is 0 Å². The highest BCUT2D eigenvalue weighted by Gasteiger charge is 2.23. The van der Waals surface area contributed by atoms with Crippen LogP contribution >= 0.6 is 0 Å². The van der Waals surface area contributed by atoms with Gasteiger partial charge in [-0.2, -0.15) is 10.2 Å². The van der Waals surface area contributed by atoms with Crippen molar-refractivity contribution in [1.29, 1.82) is 0 Å².